The lowest BCUT2D eigenvalue weighted by molar-refractivity contribution is 0.608. The quantitative estimate of drug-likeness (QED) is 0.197. The molecule has 0 saturated heterocycles. The number of benzene rings is 2. The van der Waals surface area contributed by atoms with E-state index >= 15 is 0 Å². The summed E-state index contributed by atoms with van der Waals surface area (Å²) in [6.07, 6.45) is 11.6. The van der Waals surface area contributed by atoms with Crippen molar-refractivity contribution in [2.75, 3.05) is 0 Å². The fourth-order valence-electron chi connectivity index (χ4n) is 4.88. The molecule has 34 heavy (non-hydrogen) atoms. The van der Waals surface area contributed by atoms with Crippen LogP contribution in [0.15, 0.2) is 72.8 Å². The molecule has 4 aromatic rings. The predicted molar refractivity (Wildman–Crippen MR) is 142 cm³/mol. The second-order valence-electron chi connectivity index (χ2n) is 9.20. The van der Waals surface area contributed by atoms with E-state index in [0.717, 1.165) is 60.9 Å². The molecule has 4 heteroatoms. The highest BCUT2D eigenvalue weighted by Gasteiger charge is 2.05. The summed E-state index contributed by atoms with van der Waals surface area (Å²) in [6.45, 7) is 6.21. The van der Waals surface area contributed by atoms with Crippen LogP contribution in [0.2, 0.25) is 0 Å². The third-order valence-corrected chi connectivity index (χ3v) is 6.70. The molecule has 0 aliphatic heterocycles. The van der Waals surface area contributed by atoms with Gasteiger partial charge in [-0.3, -0.25) is 0 Å². The van der Waals surface area contributed by atoms with Crippen molar-refractivity contribution in [3.8, 4) is 0 Å². The molecule has 0 spiro atoms. The number of aromatic nitrogens is 2. The predicted octanol–water partition coefficient (Wildman–Crippen LogP) is 6.77. The molecule has 2 heterocycles. The second-order valence-corrected chi connectivity index (χ2v) is 9.20. The van der Waals surface area contributed by atoms with Gasteiger partial charge in [0, 0.05) is 35.2 Å². The second kappa shape index (κ2) is 11.1. The van der Waals surface area contributed by atoms with Gasteiger partial charge in [-0.25, -0.2) is 0 Å². The molecule has 4 rings (SSSR count). The van der Waals surface area contributed by atoms with E-state index in [-0.39, 0.29) is 0 Å². The highest BCUT2D eigenvalue weighted by atomic mass is 15.0. The maximum atomic E-state index is 8.21. The number of allylic oxidation sites excluding steroid dienone is 2. The summed E-state index contributed by atoms with van der Waals surface area (Å²) in [5, 5.41) is 19.7. The number of hydrogen-bond donors (Lipinski definition) is 2. The zero-order chi connectivity index (χ0) is 23.9. The normalized spacial score (nSPS) is 11.7. The van der Waals surface area contributed by atoms with Gasteiger partial charge < -0.3 is 20.0 Å². The lowest BCUT2D eigenvalue weighted by Gasteiger charge is -2.15. The van der Waals surface area contributed by atoms with Crippen LogP contribution in [0.3, 0.4) is 0 Å². The smallest absolute Gasteiger partial charge is 0.0650 e. The molecule has 2 aromatic carbocycles. The Hall–Kier alpha value is -3.40. The van der Waals surface area contributed by atoms with Crippen LogP contribution in [0.4, 0.5) is 0 Å². The van der Waals surface area contributed by atoms with Gasteiger partial charge in [0.25, 0.3) is 0 Å². The Bertz CT molecular complexity index is 1310. The maximum absolute atomic E-state index is 8.21. The Balaban J connectivity index is 1.20. The zero-order valence-corrected chi connectivity index (χ0v) is 20.5. The lowest BCUT2D eigenvalue weighted by Crippen LogP contribution is -2.12. The summed E-state index contributed by atoms with van der Waals surface area (Å²) in [6, 6.07) is 20.5. The van der Waals surface area contributed by atoms with Gasteiger partial charge in [-0.05, 0) is 76.6 Å². The number of para-hydroxylation sites is 2. The minimum Gasteiger partial charge on any atom is -0.345 e. The first-order valence-corrected chi connectivity index (χ1v) is 12.5. The minimum atomic E-state index is 0.613. The Morgan fingerprint density at radius 2 is 1.03 bits per heavy atom. The van der Waals surface area contributed by atoms with Crippen molar-refractivity contribution in [2.24, 2.45) is 0 Å². The van der Waals surface area contributed by atoms with Crippen LogP contribution in [0.5, 0.6) is 0 Å². The van der Waals surface area contributed by atoms with Gasteiger partial charge in [0.05, 0.1) is 21.7 Å². The van der Waals surface area contributed by atoms with E-state index in [0.29, 0.717) is 10.7 Å². The first-order chi connectivity index (χ1) is 16.6. The highest BCUT2D eigenvalue weighted by molar-refractivity contribution is 5.79. The summed E-state index contributed by atoms with van der Waals surface area (Å²) in [5.41, 5.74) is 4.66. The van der Waals surface area contributed by atoms with Gasteiger partial charge in [0.2, 0.25) is 0 Å². The topological polar surface area (TPSA) is 57.6 Å². The molecule has 0 radical (unpaired) electrons. The minimum absolute atomic E-state index is 0.613. The van der Waals surface area contributed by atoms with Gasteiger partial charge >= 0.3 is 0 Å². The molecule has 2 N–H and O–H groups in total. The van der Waals surface area contributed by atoms with Gasteiger partial charge in [-0.2, -0.15) is 0 Å². The first kappa shape index (κ1) is 23.7. The molecular formula is C30H36N4. The van der Waals surface area contributed by atoms with E-state index in [4.69, 9.17) is 10.8 Å². The van der Waals surface area contributed by atoms with Crippen molar-refractivity contribution in [1.29, 1.82) is 10.8 Å². The molecule has 0 saturated carbocycles. The molecule has 4 nitrogen and oxygen atoms in total. The Morgan fingerprint density at radius 3 is 1.47 bits per heavy atom. The highest BCUT2D eigenvalue weighted by Crippen LogP contribution is 2.16. The lowest BCUT2D eigenvalue weighted by atomic mass is 10.1. The number of aryl methyl sites for hydroxylation is 4. The summed E-state index contributed by atoms with van der Waals surface area (Å²) in [7, 11) is 0. The van der Waals surface area contributed by atoms with Gasteiger partial charge in [0.1, 0.15) is 0 Å². The van der Waals surface area contributed by atoms with E-state index < -0.39 is 0 Å². The molecule has 0 amide bonds. The summed E-state index contributed by atoms with van der Waals surface area (Å²) < 4.78 is 4.71. The number of nitrogens with zero attached hydrogens (tertiary/aromatic N) is 2. The van der Waals surface area contributed by atoms with E-state index in [2.05, 4.69) is 59.4 Å². The van der Waals surface area contributed by atoms with E-state index in [1.54, 1.807) is 0 Å². The van der Waals surface area contributed by atoms with Gasteiger partial charge in [0.15, 0.2) is 0 Å². The Labute approximate surface area is 202 Å². The van der Waals surface area contributed by atoms with Crippen molar-refractivity contribution >= 4 is 21.8 Å². The number of fused-ring (bicyclic) bond motifs is 2. The van der Waals surface area contributed by atoms with Crippen molar-refractivity contribution in [3.05, 3.63) is 94.9 Å². The fourth-order valence-corrected chi connectivity index (χ4v) is 4.88. The molecule has 0 aliphatic rings. The Kier molecular flexibility index (Phi) is 7.79. The molecular weight excluding hydrogens is 416 g/mol. The first-order valence-electron chi connectivity index (χ1n) is 12.5. The fraction of sp³-hybridized carbons (Fsp3) is 0.333. The van der Waals surface area contributed by atoms with Crippen LogP contribution < -0.4 is 10.7 Å². The SMILES string of the molecule is Cc1cc(=N)c2ccccc2n1CCCC/C=C\CCCCn1c(C)cc(=N)c2ccccc21. The number of rotatable bonds is 10. The standard InChI is InChI=1S/C30H36N4/c1-23-21-27(31)25-15-9-11-17-29(25)33(23)19-13-7-5-3-4-6-8-14-20-34-24(2)22-28(32)26-16-10-12-18-30(26)34/h3-4,9-12,15-18,21-22,31-32H,5-8,13-14,19-20H2,1-2H3/b4-3-,31-27?,32-28?. The number of hydrogen-bond acceptors (Lipinski definition) is 2. The van der Waals surface area contributed by atoms with Crippen LogP contribution in [-0.2, 0) is 13.1 Å². The molecule has 0 unspecified atom stereocenters. The number of pyridine rings is 2. The molecule has 176 valence electrons. The maximum Gasteiger partial charge on any atom is 0.0650 e. The van der Waals surface area contributed by atoms with Gasteiger partial charge in [-0.15, -0.1) is 0 Å². The van der Waals surface area contributed by atoms with E-state index in [1.165, 1.54) is 23.9 Å². The molecule has 0 atom stereocenters. The van der Waals surface area contributed by atoms with Crippen LogP contribution in [0.25, 0.3) is 21.8 Å². The average Bonchev–Trinajstić information content (AvgIpc) is 2.83. The summed E-state index contributed by atoms with van der Waals surface area (Å²) in [4.78, 5) is 0. The van der Waals surface area contributed by atoms with Crippen molar-refractivity contribution < 1.29 is 0 Å². The monoisotopic (exact) mass is 452 g/mol. The van der Waals surface area contributed by atoms with Crippen molar-refractivity contribution in [2.45, 2.75) is 65.5 Å². The number of unbranched alkanes of at least 4 members (excludes halogenated alkanes) is 4. The van der Waals surface area contributed by atoms with Crippen LogP contribution in [-0.4, -0.2) is 9.13 Å². The third kappa shape index (κ3) is 5.39. The third-order valence-electron chi connectivity index (χ3n) is 6.70. The average molecular weight is 453 g/mol. The van der Waals surface area contributed by atoms with Crippen LogP contribution in [0, 0.1) is 24.7 Å². The molecule has 0 bridgehead atoms. The van der Waals surface area contributed by atoms with Crippen LogP contribution >= 0.6 is 0 Å². The molecule has 0 fully saturated rings. The number of nitrogens with one attached hydrogen (secondary N) is 2. The van der Waals surface area contributed by atoms with E-state index in [1.807, 2.05) is 36.4 Å². The summed E-state index contributed by atoms with van der Waals surface area (Å²) >= 11 is 0. The van der Waals surface area contributed by atoms with Gasteiger partial charge in [-0.1, -0.05) is 48.6 Å². The largest absolute Gasteiger partial charge is 0.345 e. The molecule has 0 aliphatic carbocycles. The zero-order valence-electron chi connectivity index (χ0n) is 20.5. The molecule has 2 aromatic heterocycles. The van der Waals surface area contributed by atoms with Crippen molar-refractivity contribution in [3.63, 3.8) is 0 Å². The van der Waals surface area contributed by atoms with Crippen LogP contribution in [0.1, 0.15) is 49.9 Å². The Morgan fingerprint density at radius 1 is 0.618 bits per heavy atom. The summed E-state index contributed by atoms with van der Waals surface area (Å²) in [5.74, 6) is 0. The van der Waals surface area contributed by atoms with E-state index in [9.17, 15) is 0 Å². The van der Waals surface area contributed by atoms with Crippen molar-refractivity contribution in [1.82, 2.24) is 9.13 Å².